The molecule has 164 valence electrons. The van der Waals surface area contributed by atoms with Crippen LogP contribution in [0.1, 0.15) is 5.56 Å². The fourth-order valence-corrected chi connectivity index (χ4v) is 3.20. The summed E-state index contributed by atoms with van der Waals surface area (Å²) in [5.41, 5.74) is 1.29. The number of ether oxygens (including phenoxy) is 2. The first-order valence-electron chi connectivity index (χ1n) is 9.72. The fourth-order valence-electron chi connectivity index (χ4n) is 3.20. The van der Waals surface area contributed by atoms with Crippen LogP contribution in [0.25, 0.3) is 0 Å². The molecule has 0 spiro atoms. The van der Waals surface area contributed by atoms with E-state index >= 15 is 0 Å². The molecule has 0 saturated carbocycles. The van der Waals surface area contributed by atoms with Gasteiger partial charge in [-0.1, -0.05) is 12.1 Å². The van der Waals surface area contributed by atoms with E-state index in [1.54, 1.807) is 30.1 Å². The van der Waals surface area contributed by atoms with E-state index in [1.807, 2.05) is 12.1 Å². The number of halogens is 1. The predicted octanol–water partition coefficient (Wildman–Crippen LogP) is 4.66. The molecular formula is C22H19FN4O5. The minimum absolute atomic E-state index is 0.0167. The van der Waals surface area contributed by atoms with Gasteiger partial charge in [-0.05, 0) is 42.3 Å². The summed E-state index contributed by atoms with van der Waals surface area (Å²) in [5, 5.41) is 13.6. The number of benzene rings is 2. The number of likely N-dealkylation sites (N-methyl/N-ethyl adjacent to an activating group) is 1. The van der Waals surface area contributed by atoms with E-state index in [0.717, 1.165) is 11.8 Å². The van der Waals surface area contributed by atoms with Crippen LogP contribution in [0.3, 0.4) is 0 Å². The van der Waals surface area contributed by atoms with Crippen molar-refractivity contribution in [2.45, 2.75) is 12.5 Å². The average Bonchev–Trinajstić information content (AvgIpc) is 3.09. The van der Waals surface area contributed by atoms with Crippen molar-refractivity contribution in [3.8, 4) is 11.5 Å². The lowest BCUT2D eigenvalue weighted by Crippen LogP contribution is -2.30. The van der Waals surface area contributed by atoms with E-state index in [9.17, 15) is 19.3 Å². The third kappa shape index (κ3) is 4.75. The second-order valence-corrected chi connectivity index (χ2v) is 7.22. The van der Waals surface area contributed by atoms with Crippen LogP contribution in [0.15, 0.2) is 60.8 Å². The van der Waals surface area contributed by atoms with E-state index < -0.39 is 10.7 Å². The molecule has 0 aliphatic carbocycles. The van der Waals surface area contributed by atoms with Crippen LogP contribution in [-0.4, -0.2) is 40.6 Å². The Bertz CT molecular complexity index is 1140. The summed E-state index contributed by atoms with van der Waals surface area (Å²) in [6.07, 6.45) is 1.44. The Labute approximate surface area is 182 Å². The maximum absolute atomic E-state index is 14.5. The van der Waals surface area contributed by atoms with Crippen LogP contribution in [0.5, 0.6) is 11.5 Å². The minimum atomic E-state index is -0.579. The summed E-state index contributed by atoms with van der Waals surface area (Å²) in [4.78, 5) is 27.1. The van der Waals surface area contributed by atoms with Crippen LogP contribution in [0.2, 0.25) is 0 Å². The van der Waals surface area contributed by atoms with Gasteiger partial charge in [0.15, 0.2) is 11.6 Å². The SMILES string of the molecule is CN1C(=O)OC[C@@H]1Cc1ccc(Oc2ccc(Nc3ccc([N+](=O)[O-])cn3)cc2F)cc1. The number of carbonyl (C=O) groups is 1. The molecule has 3 aromatic rings. The molecule has 1 N–H and O–H groups in total. The van der Waals surface area contributed by atoms with Gasteiger partial charge in [-0.2, -0.15) is 0 Å². The molecule has 1 atom stereocenters. The molecule has 1 aromatic heterocycles. The number of hydrogen-bond donors (Lipinski definition) is 1. The second kappa shape index (κ2) is 8.88. The molecule has 1 saturated heterocycles. The quantitative estimate of drug-likeness (QED) is 0.422. The molecule has 1 amide bonds. The topological polar surface area (TPSA) is 107 Å². The Kier molecular flexibility index (Phi) is 5.84. The molecule has 2 aromatic carbocycles. The lowest BCUT2D eigenvalue weighted by atomic mass is 10.1. The van der Waals surface area contributed by atoms with Gasteiger partial charge in [0, 0.05) is 24.9 Å². The zero-order valence-electron chi connectivity index (χ0n) is 17.0. The highest BCUT2D eigenvalue weighted by Gasteiger charge is 2.29. The largest absolute Gasteiger partial charge is 0.454 e. The third-order valence-electron chi connectivity index (χ3n) is 5.02. The van der Waals surface area contributed by atoms with Gasteiger partial charge < -0.3 is 19.7 Å². The van der Waals surface area contributed by atoms with E-state index in [1.165, 1.54) is 24.3 Å². The number of nitro groups is 1. The first-order valence-corrected chi connectivity index (χ1v) is 9.72. The van der Waals surface area contributed by atoms with E-state index in [-0.39, 0.29) is 23.6 Å². The Morgan fingerprint density at radius 3 is 2.62 bits per heavy atom. The van der Waals surface area contributed by atoms with Gasteiger partial charge in [0.25, 0.3) is 5.69 Å². The third-order valence-corrected chi connectivity index (χ3v) is 5.02. The number of anilines is 2. The Balaban J connectivity index is 1.38. The van der Waals surface area contributed by atoms with Gasteiger partial charge in [0.2, 0.25) is 0 Å². The van der Waals surface area contributed by atoms with Crippen LogP contribution in [-0.2, 0) is 11.2 Å². The molecule has 0 unspecified atom stereocenters. The molecule has 1 aliphatic rings. The number of cyclic esters (lactones) is 1. The number of aromatic nitrogens is 1. The van der Waals surface area contributed by atoms with Gasteiger partial charge in [-0.15, -0.1) is 0 Å². The first-order chi connectivity index (χ1) is 15.4. The van der Waals surface area contributed by atoms with Gasteiger partial charge in [0.1, 0.15) is 24.4 Å². The molecule has 9 nitrogen and oxygen atoms in total. The average molecular weight is 438 g/mol. The van der Waals surface area contributed by atoms with Gasteiger partial charge in [-0.3, -0.25) is 10.1 Å². The maximum Gasteiger partial charge on any atom is 0.409 e. The van der Waals surface area contributed by atoms with Crippen LogP contribution < -0.4 is 10.1 Å². The molecule has 2 heterocycles. The monoisotopic (exact) mass is 438 g/mol. The van der Waals surface area contributed by atoms with Crippen molar-refractivity contribution in [3.63, 3.8) is 0 Å². The summed E-state index contributed by atoms with van der Waals surface area (Å²) in [6, 6.07) is 14.3. The standard InChI is InChI=1S/C22H19FN4O5/c1-26-17(13-31-22(26)28)10-14-2-6-18(7-3-14)32-20-8-4-15(11-19(20)23)25-21-9-5-16(12-24-21)27(29)30/h2-9,11-12,17H,10,13H2,1H3,(H,24,25)/t17-/m0/s1. The molecular weight excluding hydrogens is 419 g/mol. The lowest BCUT2D eigenvalue weighted by molar-refractivity contribution is -0.385. The highest BCUT2D eigenvalue weighted by Crippen LogP contribution is 2.28. The van der Waals surface area contributed by atoms with Gasteiger partial charge in [-0.25, -0.2) is 14.2 Å². The number of amides is 1. The smallest absolute Gasteiger partial charge is 0.409 e. The number of hydrogen-bond acceptors (Lipinski definition) is 7. The van der Waals surface area contributed by atoms with Crippen molar-refractivity contribution < 1.29 is 23.6 Å². The molecule has 32 heavy (non-hydrogen) atoms. The lowest BCUT2D eigenvalue weighted by Gasteiger charge is -2.16. The number of carbonyl (C=O) groups excluding carboxylic acids is 1. The normalized spacial score (nSPS) is 15.4. The van der Waals surface area contributed by atoms with Gasteiger partial charge in [0.05, 0.1) is 11.0 Å². The van der Waals surface area contributed by atoms with Crippen LogP contribution in [0.4, 0.5) is 26.4 Å². The van der Waals surface area contributed by atoms with Crippen molar-refractivity contribution in [3.05, 3.63) is 82.3 Å². The number of nitrogens with zero attached hydrogens (tertiary/aromatic N) is 3. The van der Waals surface area contributed by atoms with Crippen molar-refractivity contribution in [1.82, 2.24) is 9.88 Å². The minimum Gasteiger partial charge on any atom is -0.454 e. The fraction of sp³-hybridized carbons (Fsp3) is 0.182. The van der Waals surface area contributed by atoms with Crippen molar-refractivity contribution in [1.29, 1.82) is 0 Å². The van der Waals surface area contributed by atoms with Gasteiger partial charge >= 0.3 is 6.09 Å². The summed E-state index contributed by atoms with van der Waals surface area (Å²) < 4.78 is 25.2. The summed E-state index contributed by atoms with van der Waals surface area (Å²) >= 11 is 0. The van der Waals surface area contributed by atoms with Crippen molar-refractivity contribution in [2.24, 2.45) is 0 Å². The Morgan fingerprint density at radius 1 is 1.25 bits per heavy atom. The molecule has 1 aliphatic heterocycles. The first kappa shape index (κ1) is 21.0. The predicted molar refractivity (Wildman–Crippen MR) is 114 cm³/mol. The van der Waals surface area contributed by atoms with E-state index in [4.69, 9.17) is 9.47 Å². The molecule has 0 bridgehead atoms. The number of nitrogens with one attached hydrogen (secondary N) is 1. The highest BCUT2D eigenvalue weighted by atomic mass is 19.1. The zero-order valence-corrected chi connectivity index (χ0v) is 17.0. The summed E-state index contributed by atoms with van der Waals surface area (Å²) in [5.74, 6) is 0.287. The summed E-state index contributed by atoms with van der Waals surface area (Å²) in [7, 11) is 1.70. The van der Waals surface area contributed by atoms with Crippen LogP contribution >= 0.6 is 0 Å². The Morgan fingerprint density at radius 2 is 2.03 bits per heavy atom. The molecule has 1 fully saturated rings. The van der Waals surface area contributed by atoms with Crippen molar-refractivity contribution >= 4 is 23.3 Å². The Hall–Kier alpha value is -4.21. The zero-order chi connectivity index (χ0) is 22.7. The summed E-state index contributed by atoms with van der Waals surface area (Å²) in [6.45, 7) is 0.356. The number of rotatable bonds is 7. The van der Waals surface area contributed by atoms with Crippen LogP contribution in [0, 0.1) is 15.9 Å². The molecule has 0 radical (unpaired) electrons. The number of pyridine rings is 1. The van der Waals surface area contributed by atoms with E-state index in [2.05, 4.69) is 10.3 Å². The van der Waals surface area contributed by atoms with E-state index in [0.29, 0.717) is 30.3 Å². The highest BCUT2D eigenvalue weighted by molar-refractivity contribution is 5.69. The second-order valence-electron chi connectivity index (χ2n) is 7.22. The van der Waals surface area contributed by atoms with Crippen molar-refractivity contribution in [2.75, 3.05) is 19.0 Å². The maximum atomic E-state index is 14.5. The molecule has 4 rings (SSSR count). The molecule has 10 heteroatoms.